The van der Waals surface area contributed by atoms with E-state index >= 15 is 0 Å². The van der Waals surface area contributed by atoms with Crippen LogP contribution in [0, 0.1) is 0 Å². The molecule has 0 aromatic carbocycles. The molecule has 0 saturated carbocycles. The molecule has 84 heavy (non-hydrogen) atoms. The van der Waals surface area contributed by atoms with Crippen molar-refractivity contribution in [2.45, 2.75) is 207 Å². The minimum atomic E-state index is -9.86. The molecule has 0 nitrogen and oxygen atoms in total. The molecule has 0 rings (SSSR count). The third kappa shape index (κ3) is 10.7. The van der Waals surface area contributed by atoms with E-state index in [-0.39, 0.29) is 0 Å². The van der Waals surface area contributed by atoms with Crippen LogP contribution in [-0.2, 0) is 0 Å². The molecule has 0 heterocycles. The highest BCUT2D eigenvalue weighted by Gasteiger charge is 3.02. The summed E-state index contributed by atoms with van der Waals surface area (Å²) in [6, 6.07) is 0. The molecule has 0 aliphatic carbocycles. The fourth-order valence-electron chi connectivity index (χ4n) is 6.04. The van der Waals surface area contributed by atoms with Crippen LogP contribution >= 0.6 is 0 Å². The number of rotatable bonds is 31. The largest absolute Gasteiger partial charge is 0.460 e. The number of unbranched alkanes of at least 4 members (excludes halogenated alkanes) is 7. The zero-order valence-electron chi connectivity index (χ0n) is 38.0. The highest BCUT2D eigenvalue weighted by atomic mass is 19.5. The lowest BCUT2D eigenvalue weighted by Gasteiger charge is -2.45. The second-order valence-corrected chi connectivity index (χ2v) is 17.2. The lowest BCUT2D eigenvalue weighted by Crippen LogP contribution is -2.78. The van der Waals surface area contributed by atoms with Gasteiger partial charge in [-0.3, -0.25) is 0 Å². The van der Waals surface area contributed by atoms with Crippen LogP contribution in [0.25, 0.3) is 0 Å². The van der Waals surface area contributed by atoms with Crippen LogP contribution < -0.4 is 0 Å². The van der Waals surface area contributed by atoms with Gasteiger partial charge in [-0.25, -0.2) is 0 Å². The van der Waals surface area contributed by atoms with E-state index in [4.69, 9.17) is 0 Å². The zero-order valence-corrected chi connectivity index (χ0v) is 38.0. The first-order chi connectivity index (χ1) is 35.7. The second-order valence-electron chi connectivity index (χ2n) is 17.2. The third-order valence-corrected chi connectivity index (χ3v) is 11.5. The highest BCUT2D eigenvalue weighted by molar-refractivity contribution is 5.22. The summed E-state index contributed by atoms with van der Waals surface area (Å²) in [4.78, 5) is 0. The Morgan fingerprint density at radius 2 is 0.202 bits per heavy atom. The summed E-state index contributed by atoms with van der Waals surface area (Å²) in [5, 5.41) is 0. The molecule has 0 spiro atoms. The minimum Gasteiger partial charge on any atom is -0.200 e. The summed E-state index contributed by atoms with van der Waals surface area (Å²) < 4.78 is 681. The Morgan fingerprint density at radius 1 is 0.107 bits per heavy atom. The van der Waals surface area contributed by atoms with E-state index in [2.05, 4.69) is 0 Å². The molecule has 0 aliphatic rings. The van der Waals surface area contributed by atoms with Gasteiger partial charge in [0.15, 0.2) is 0 Å². The fourth-order valence-corrected chi connectivity index (χ4v) is 6.04. The van der Waals surface area contributed by atoms with Crippen LogP contribution in [-0.4, -0.2) is 143 Å². The third-order valence-electron chi connectivity index (χ3n) is 11.5. The summed E-state index contributed by atoms with van der Waals surface area (Å²) in [6.45, 7) is 0. The lowest BCUT2D eigenvalue weighted by atomic mass is 9.84. The average Bonchev–Trinajstić information content (AvgIpc) is 3.27. The van der Waals surface area contributed by atoms with Gasteiger partial charge in [0.2, 0.25) is 0 Å². The topological polar surface area (TPSA) is 0 Å². The molecular weight excluding hydrogens is 1360 g/mol. The monoisotopic (exact) mass is 1380 g/mol. The van der Waals surface area contributed by atoms with E-state index in [1.165, 1.54) is 0 Å². The Morgan fingerprint density at radius 3 is 0.321 bits per heavy atom. The van der Waals surface area contributed by atoms with Crippen molar-refractivity contribution >= 4 is 0 Å². The molecule has 50 heteroatoms. The molecule has 506 valence electrons. The Balaban J connectivity index is 6.24. The zero-order chi connectivity index (χ0) is 69.1. The van der Waals surface area contributed by atoms with Gasteiger partial charge in [-0.1, -0.05) is 38.5 Å². The molecule has 0 N–H and O–H groups in total. The van der Waals surface area contributed by atoms with Crippen molar-refractivity contribution < 1.29 is 220 Å². The molecule has 0 unspecified atom stereocenters. The quantitative estimate of drug-likeness (QED) is 0.0479. The van der Waals surface area contributed by atoms with E-state index in [1.54, 1.807) is 0 Å². The molecule has 0 radical (unpaired) electrons. The van der Waals surface area contributed by atoms with Crippen molar-refractivity contribution in [2.75, 3.05) is 0 Å². The van der Waals surface area contributed by atoms with Gasteiger partial charge in [0.25, 0.3) is 0 Å². The van der Waals surface area contributed by atoms with Crippen molar-refractivity contribution in [1.82, 2.24) is 0 Å². The van der Waals surface area contributed by atoms with E-state index < -0.39 is 207 Å². The van der Waals surface area contributed by atoms with Crippen molar-refractivity contribution in [1.29, 1.82) is 0 Å². The molecule has 0 amide bonds. The van der Waals surface area contributed by atoms with Crippen molar-refractivity contribution in [3.63, 3.8) is 0 Å². The maximum Gasteiger partial charge on any atom is 0.460 e. The van der Waals surface area contributed by atoms with Crippen LogP contribution in [0.5, 0.6) is 0 Å². The van der Waals surface area contributed by atoms with Gasteiger partial charge in [-0.2, -0.15) is 220 Å². The SMILES string of the molecule is FC(F)(F)C(F)(F)C(F)(F)C(F)(F)C(F)(F)C(F)(F)C(F)(F)C(F)(F)C(F)(F)C(F)(F)C(F)(F)C(F)(F)CCCCCCCCCCC(F)(F)C(F)(F)C(F)(F)C(F)(F)C(F)(F)C(F)(F)C(F)(F)C(F)(F)C(F)(F)C(F)(F)C(F)(F)C(F)(F)F. The molecule has 0 aromatic heterocycles. The lowest BCUT2D eigenvalue weighted by molar-refractivity contribution is -0.482. The molecule has 0 fully saturated rings. The molecule has 0 atom stereocenters. The first kappa shape index (κ1) is 80.5. The van der Waals surface area contributed by atoms with Crippen molar-refractivity contribution in [3.8, 4) is 0 Å². The summed E-state index contributed by atoms with van der Waals surface area (Å²) >= 11 is 0. The van der Waals surface area contributed by atoms with Crippen molar-refractivity contribution in [2.24, 2.45) is 0 Å². The van der Waals surface area contributed by atoms with Gasteiger partial charge in [-0.15, -0.1) is 0 Å². The smallest absolute Gasteiger partial charge is 0.200 e. The minimum absolute atomic E-state index is 0.840. The Bertz CT molecular complexity index is 2060. The van der Waals surface area contributed by atoms with Crippen LogP contribution in [0.1, 0.15) is 64.2 Å². The fraction of sp³-hybridized carbons (Fsp3) is 1.00. The molecule has 0 aliphatic heterocycles. The number of alkyl halides is 50. The van der Waals surface area contributed by atoms with E-state index in [0.29, 0.717) is 0 Å². The maximum absolute atomic E-state index is 14.2. The van der Waals surface area contributed by atoms with Crippen LogP contribution in [0.3, 0.4) is 0 Å². The Hall–Kier alpha value is -3.50. The highest BCUT2D eigenvalue weighted by Crippen LogP contribution is 2.71. The molecule has 0 saturated heterocycles. The van der Waals surface area contributed by atoms with E-state index in [9.17, 15) is 220 Å². The van der Waals surface area contributed by atoms with Gasteiger partial charge in [0, 0.05) is 12.8 Å². The van der Waals surface area contributed by atoms with Crippen LogP contribution in [0.15, 0.2) is 0 Å². The number of hydrogen-bond acceptors (Lipinski definition) is 0. The van der Waals surface area contributed by atoms with E-state index in [1.807, 2.05) is 0 Å². The van der Waals surface area contributed by atoms with Gasteiger partial charge < -0.3 is 0 Å². The predicted molar refractivity (Wildman–Crippen MR) is 167 cm³/mol. The summed E-state index contributed by atoms with van der Waals surface area (Å²) in [6.07, 6.45) is -33.3. The average molecular weight is 1380 g/mol. The van der Waals surface area contributed by atoms with Crippen molar-refractivity contribution in [3.05, 3.63) is 0 Å². The predicted octanol–water partition coefficient (Wildman–Crippen LogP) is 20.0. The number of halogens is 50. The van der Waals surface area contributed by atoms with Crippen LogP contribution in [0.4, 0.5) is 220 Å². The van der Waals surface area contributed by atoms with Gasteiger partial charge in [0.1, 0.15) is 0 Å². The van der Waals surface area contributed by atoms with E-state index in [0.717, 1.165) is 0 Å². The standard InChI is InChI=1S/C34H20F50/c35-11(36,13(39,40)15(43,44)17(47,48)19(51,52)21(55,56)23(59,60)25(63,64)27(67,68)29(71,72)31(75,76)33(79,80)81)9-7-5-3-1-2-4-6-8-10-12(37,38)14(41,42)16(45,46)18(49,50)20(53,54)22(57,58)24(61,62)26(65,66)28(69,70)30(73,74)32(77,78)34(82,83)84/h1-10H2. The maximum atomic E-state index is 14.2. The summed E-state index contributed by atoms with van der Waals surface area (Å²) in [5.74, 6) is -203. The Labute approximate surface area is 427 Å². The van der Waals surface area contributed by atoms with Gasteiger partial charge in [-0.05, 0) is 12.8 Å². The van der Waals surface area contributed by atoms with Gasteiger partial charge in [0.05, 0.1) is 0 Å². The van der Waals surface area contributed by atoms with Gasteiger partial charge >= 0.3 is 143 Å². The normalized spacial score (nSPS) is 16.9. The summed E-state index contributed by atoms with van der Waals surface area (Å²) in [5.41, 5.74) is 0. The molecular formula is C34H20F50. The molecule has 0 bridgehead atoms. The first-order valence-corrected chi connectivity index (χ1v) is 20.2. The summed E-state index contributed by atoms with van der Waals surface area (Å²) in [7, 11) is 0. The van der Waals surface area contributed by atoms with Crippen LogP contribution in [0.2, 0.25) is 0 Å². The molecule has 0 aromatic rings. The second kappa shape index (κ2) is 21.6. The first-order valence-electron chi connectivity index (χ1n) is 20.2. The number of hydrogen-bond donors (Lipinski definition) is 0. The Kier molecular flexibility index (Phi) is 20.7.